The van der Waals surface area contributed by atoms with Gasteiger partial charge in [0.2, 0.25) is 0 Å². The molecular formula is C10H13N3. The Balaban J connectivity index is 2.64. The second kappa shape index (κ2) is 3.20. The summed E-state index contributed by atoms with van der Waals surface area (Å²) in [5, 5.41) is 1.25. The Morgan fingerprint density at radius 1 is 1.38 bits per heavy atom. The molecule has 0 saturated heterocycles. The monoisotopic (exact) mass is 175 g/mol. The molecule has 1 heterocycles. The van der Waals surface area contributed by atoms with Crippen LogP contribution < -0.4 is 11.3 Å². The first-order valence-corrected chi connectivity index (χ1v) is 4.32. The lowest BCUT2D eigenvalue weighted by Gasteiger charge is -1.98. The van der Waals surface area contributed by atoms with Crippen LogP contribution in [0.2, 0.25) is 0 Å². The molecule has 0 saturated carbocycles. The SMILES string of the molecule is Cc1[nH]c2ccccc2c1CNN. The highest BCUT2D eigenvalue weighted by Crippen LogP contribution is 2.20. The number of aromatic nitrogens is 1. The highest BCUT2D eigenvalue weighted by molar-refractivity contribution is 5.84. The molecule has 3 heteroatoms. The Morgan fingerprint density at radius 2 is 2.15 bits per heavy atom. The van der Waals surface area contributed by atoms with Crippen molar-refractivity contribution >= 4 is 10.9 Å². The molecule has 0 aliphatic carbocycles. The maximum absolute atomic E-state index is 5.32. The van der Waals surface area contributed by atoms with Crippen molar-refractivity contribution in [2.75, 3.05) is 0 Å². The second-order valence-corrected chi connectivity index (χ2v) is 3.16. The Hall–Kier alpha value is -1.32. The number of nitrogens with one attached hydrogen (secondary N) is 2. The highest BCUT2D eigenvalue weighted by atomic mass is 15.2. The molecule has 1 aromatic carbocycles. The van der Waals surface area contributed by atoms with Gasteiger partial charge in [-0.25, -0.2) is 0 Å². The van der Waals surface area contributed by atoms with Crippen LogP contribution in [0.25, 0.3) is 10.9 Å². The number of H-pyrrole nitrogens is 1. The molecule has 0 spiro atoms. The summed E-state index contributed by atoms with van der Waals surface area (Å²) in [7, 11) is 0. The molecule has 0 bridgehead atoms. The maximum Gasteiger partial charge on any atom is 0.0459 e. The van der Waals surface area contributed by atoms with E-state index >= 15 is 0 Å². The minimum absolute atomic E-state index is 0.704. The van der Waals surface area contributed by atoms with Gasteiger partial charge in [-0.05, 0) is 18.6 Å². The van der Waals surface area contributed by atoms with Crippen molar-refractivity contribution in [3.8, 4) is 0 Å². The van der Waals surface area contributed by atoms with Gasteiger partial charge in [-0.2, -0.15) is 0 Å². The van der Waals surface area contributed by atoms with Gasteiger partial charge in [0.1, 0.15) is 0 Å². The highest BCUT2D eigenvalue weighted by Gasteiger charge is 2.05. The molecule has 0 amide bonds. The summed E-state index contributed by atoms with van der Waals surface area (Å²) in [5.74, 6) is 5.32. The number of aryl methyl sites for hydroxylation is 1. The van der Waals surface area contributed by atoms with Crippen LogP contribution in [0.5, 0.6) is 0 Å². The summed E-state index contributed by atoms with van der Waals surface area (Å²) in [4.78, 5) is 3.32. The van der Waals surface area contributed by atoms with Gasteiger partial charge in [-0.3, -0.25) is 11.3 Å². The number of hydrogen-bond donors (Lipinski definition) is 3. The van der Waals surface area contributed by atoms with Gasteiger partial charge in [0.25, 0.3) is 0 Å². The molecule has 3 nitrogen and oxygen atoms in total. The molecular weight excluding hydrogens is 162 g/mol. The zero-order chi connectivity index (χ0) is 9.26. The summed E-state index contributed by atoms with van der Waals surface area (Å²) in [5.41, 5.74) is 6.28. The third-order valence-electron chi connectivity index (χ3n) is 2.31. The van der Waals surface area contributed by atoms with Crippen molar-refractivity contribution in [1.29, 1.82) is 0 Å². The number of rotatable bonds is 2. The average molecular weight is 175 g/mol. The van der Waals surface area contributed by atoms with Crippen LogP contribution >= 0.6 is 0 Å². The van der Waals surface area contributed by atoms with E-state index in [1.807, 2.05) is 12.1 Å². The minimum atomic E-state index is 0.704. The van der Waals surface area contributed by atoms with Crippen molar-refractivity contribution in [2.24, 2.45) is 5.84 Å². The van der Waals surface area contributed by atoms with Crippen LogP contribution in [0.15, 0.2) is 24.3 Å². The first kappa shape index (κ1) is 8.29. The molecule has 4 N–H and O–H groups in total. The fourth-order valence-corrected chi connectivity index (χ4v) is 1.66. The largest absolute Gasteiger partial charge is 0.358 e. The lowest BCUT2D eigenvalue weighted by Crippen LogP contribution is -2.21. The van der Waals surface area contributed by atoms with E-state index in [2.05, 4.69) is 29.5 Å². The standard InChI is InChI=1S/C10H13N3/c1-7-9(6-12-11)8-4-2-3-5-10(8)13-7/h2-5,12-13H,6,11H2,1H3. The van der Waals surface area contributed by atoms with Gasteiger partial charge < -0.3 is 4.98 Å². The van der Waals surface area contributed by atoms with E-state index in [0.29, 0.717) is 6.54 Å². The van der Waals surface area contributed by atoms with Crippen LogP contribution in [-0.2, 0) is 6.54 Å². The molecule has 0 fully saturated rings. The zero-order valence-corrected chi connectivity index (χ0v) is 7.59. The lowest BCUT2D eigenvalue weighted by molar-refractivity contribution is 0.741. The van der Waals surface area contributed by atoms with Crippen LogP contribution in [-0.4, -0.2) is 4.98 Å². The molecule has 0 aliphatic rings. The summed E-state index contributed by atoms with van der Waals surface area (Å²) in [6.07, 6.45) is 0. The molecule has 0 radical (unpaired) electrons. The third kappa shape index (κ3) is 1.32. The summed E-state index contributed by atoms with van der Waals surface area (Å²) in [6, 6.07) is 8.24. The van der Waals surface area contributed by atoms with E-state index < -0.39 is 0 Å². The topological polar surface area (TPSA) is 53.8 Å². The van der Waals surface area contributed by atoms with Gasteiger partial charge in [-0.15, -0.1) is 0 Å². The van der Waals surface area contributed by atoms with Crippen molar-refractivity contribution in [3.05, 3.63) is 35.5 Å². The predicted octanol–water partition coefficient (Wildman–Crippen LogP) is 1.44. The van der Waals surface area contributed by atoms with E-state index in [9.17, 15) is 0 Å². The van der Waals surface area contributed by atoms with Crippen molar-refractivity contribution in [2.45, 2.75) is 13.5 Å². The van der Waals surface area contributed by atoms with E-state index in [4.69, 9.17) is 5.84 Å². The number of hydrogen-bond acceptors (Lipinski definition) is 2. The van der Waals surface area contributed by atoms with E-state index in [-0.39, 0.29) is 0 Å². The van der Waals surface area contributed by atoms with Crippen LogP contribution in [0.1, 0.15) is 11.3 Å². The average Bonchev–Trinajstić information content (AvgIpc) is 2.44. The first-order chi connectivity index (χ1) is 6.33. The molecule has 2 rings (SSSR count). The second-order valence-electron chi connectivity index (χ2n) is 3.16. The number of benzene rings is 1. The van der Waals surface area contributed by atoms with Crippen LogP contribution in [0.4, 0.5) is 0 Å². The molecule has 0 atom stereocenters. The predicted molar refractivity (Wildman–Crippen MR) is 54.1 cm³/mol. The van der Waals surface area contributed by atoms with Crippen molar-refractivity contribution < 1.29 is 0 Å². The van der Waals surface area contributed by atoms with Gasteiger partial charge in [0, 0.05) is 23.1 Å². The van der Waals surface area contributed by atoms with E-state index in [1.54, 1.807) is 0 Å². The zero-order valence-electron chi connectivity index (χ0n) is 7.59. The van der Waals surface area contributed by atoms with Gasteiger partial charge >= 0.3 is 0 Å². The van der Waals surface area contributed by atoms with E-state index in [0.717, 1.165) is 0 Å². The summed E-state index contributed by atoms with van der Waals surface area (Å²) < 4.78 is 0. The molecule has 68 valence electrons. The van der Waals surface area contributed by atoms with Gasteiger partial charge in [-0.1, -0.05) is 18.2 Å². The minimum Gasteiger partial charge on any atom is -0.358 e. The normalized spacial score (nSPS) is 10.9. The fourth-order valence-electron chi connectivity index (χ4n) is 1.66. The third-order valence-corrected chi connectivity index (χ3v) is 2.31. The molecule has 0 aliphatic heterocycles. The first-order valence-electron chi connectivity index (χ1n) is 4.32. The number of nitrogens with two attached hydrogens (primary N) is 1. The van der Waals surface area contributed by atoms with Crippen molar-refractivity contribution in [3.63, 3.8) is 0 Å². The lowest BCUT2D eigenvalue weighted by atomic mass is 10.1. The number of aromatic amines is 1. The number of fused-ring (bicyclic) bond motifs is 1. The van der Waals surface area contributed by atoms with Gasteiger partial charge in [0.15, 0.2) is 0 Å². The molecule has 2 aromatic rings. The summed E-state index contributed by atoms with van der Waals surface area (Å²) in [6.45, 7) is 2.77. The smallest absolute Gasteiger partial charge is 0.0459 e. The van der Waals surface area contributed by atoms with Crippen LogP contribution in [0, 0.1) is 6.92 Å². The summed E-state index contributed by atoms with van der Waals surface area (Å²) >= 11 is 0. The Kier molecular flexibility index (Phi) is 2.04. The molecule has 0 unspecified atom stereocenters. The Morgan fingerprint density at radius 3 is 2.92 bits per heavy atom. The fraction of sp³-hybridized carbons (Fsp3) is 0.200. The van der Waals surface area contributed by atoms with Crippen molar-refractivity contribution in [1.82, 2.24) is 10.4 Å². The maximum atomic E-state index is 5.32. The van der Waals surface area contributed by atoms with Gasteiger partial charge in [0.05, 0.1) is 0 Å². The number of para-hydroxylation sites is 1. The molecule has 13 heavy (non-hydrogen) atoms. The Bertz CT molecular complexity index is 417. The van der Waals surface area contributed by atoms with E-state index in [1.165, 1.54) is 22.2 Å². The molecule has 1 aromatic heterocycles. The van der Waals surface area contributed by atoms with Crippen LogP contribution in [0.3, 0.4) is 0 Å². The Labute approximate surface area is 76.9 Å². The quantitative estimate of drug-likeness (QED) is 0.478. The number of hydrazine groups is 1.